The van der Waals surface area contributed by atoms with Crippen LogP contribution >= 0.6 is 0 Å². The fourth-order valence-corrected chi connectivity index (χ4v) is 2.32. The van der Waals surface area contributed by atoms with Gasteiger partial charge in [-0.3, -0.25) is 5.32 Å². The van der Waals surface area contributed by atoms with Crippen molar-refractivity contribution in [2.45, 2.75) is 31.1 Å². The molecule has 1 saturated heterocycles. The zero-order valence-electron chi connectivity index (χ0n) is 11.0. The van der Waals surface area contributed by atoms with Gasteiger partial charge in [0.2, 0.25) is 11.7 Å². The first-order chi connectivity index (χ1) is 10.3. The lowest BCUT2D eigenvalue weighted by Crippen LogP contribution is -2.38. The molecule has 1 fully saturated rings. The molecule has 1 aromatic heterocycles. The summed E-state index contributed by atoms with van der Waals surface area (Å²) in [5.74, 6) is -2.10. The molecule has 22 heavy (non-hydrogen) atoms. The van der Waals surface area contributed by atoms with Crippen LogP contribution in [0.1, 0.15) is 24.8 Å². The van der Waals surface area contributed by atoms with Crippen molar-refractivity contribution in [3.05, 3.63) is 35.7 Å². The van der Waals surface area contributed by atoms with Crippen molar-refractivity contribution in [2.24, 2.45) is 0 Å². The van der Waals surface area contributed by atoms with Crippen LogP contribution in [0.25, 0.3) is 11.4 Å². The van der Waals surface area contributed by atoms with E-state index in [1.54, 1.807) is 0 Å². The van der Waals surface area contributed by atoms with Crippen LogP contribution in [-0.2, 0) is 0 Å². The molecule has 0 unspecified atom stereocenters. The minimum Gasteiger partial charge on any atom is -0.337 e. The Bertz CT molecular complexity index is 685. The number of nitrogens with one attached hydrogen (secondary N) is 1. The van der Waals surface area contributed by atoms with Gasteiger partial charge in [0, 0.05) is 5.56 Å². The smallest absolute Gasteiger partial charge is 0.337 e. The molecule has 0 bridgehead atoms. The molecule has 2 aromatic rings. The van der Waals surface area contributed by atoms with Gasteiger partial charge in [-0.05, 0) is 31.0 Å². The highest BCUT2D eigenvalue weighted by Crippen LogP contribution is 2.34. The molecule has 1 aromatic carbocycles. The summed E-state index contributed by atoms with van der Waals surface area (Å²) in [6.07, 6.45) is -4.22. The number of benzene rings is 1. The molecule has 1 aliphatic heterocycles. The summed E-state index contributed by atoms with van der Waals surface area (Å²) in [5, 5.41) is 5.97. The van der Waals surface area contributed by atoms with Gasteiger partial charge < -0.3 is 4.52 Å². The Morgan fingerprint density at radius 2 is 1.91 bits per heavy atom. The highest BCUT2D eigenvalue weighted by molar-refractivity contribution is 5.54. The van der Waals surface area contributed by atoms with E-state index in [-0.39, 0.29) is 30.1 Å². The lowest BCUT2D eigenvalue weighted by Gasteiger charge is -2.15. The average Bonchev–Trinajstić information content (AvgIpc) is 3.08. The molecule has 2 atom stereocenters. The molecule has 0 spiro atoms. The van der Waals surface area contributed by atoms with Crippen molar-refractivity contribution in [1.82, 2.24) is 15.5 Å². The third-order valence-corrected chi connectivity index (χ3v) is 3.46. The van der Waals surface area contributed by atoms with Gasteiger partial charge in [-0.15, -0.1) is 0 Å². The SMILES string of the molecule is Fc1ccc(-c2noc([C@@H]3CC[C@H](C(F)(F)F)N3)n2)cc1F. The summed E-state index contributed by atoms with van der Waals surface area (Å²) in [4.78, 5) is 3.95. The van der Waals surface area contributed by atoms with Gasteiger partial charge >= 0.3 is 6.18 Å². The van der Waals surface area contributed by atoms with Gasteiger partial charge in [-0.1, -0.05) is 5.16 Å². The number of hydrogen-bond acceptors (Lipinski definition) is 4. The molecule has 0 radical (unpaired) electrons. The molecule has 4 nitrogen and oxygen atoms in total. The van der Waals surface area contributed by atoms with Crippen molar-refractivity contribution < 1.29 is 26.5 Å². The minimum atomic E-state index is -4.34. The van der Waals surface area contributed by atoms with Gasteiger partial charge in [0.1, 0.15) is 6.04 Å². The number of halogens is 5. The van der Waals surface area contributed by atoms with Gasteiger partial charge in [0.05, 0.1) is 6.04 Å². The largest absolute Gasteiger partial charge is 0.403 e. The molecule has 9 heteroatoms. The van der Waals surface area contributed by atoms with Gasteiger partial charge in [-0.2, -0.15) is 18.2 Å². The zero-order chi connectivity index (χ0) is 15.9. The van der Waals surface area contributed by atoms with Crippen LogP contribution in [0.15, 0.2) is 22.7 Å². The highest BCUT2D eigenvalue weighted by atomic mass is 19.4. The highest BCUT2D eigenvalue weighted by Gasteiger charge is 2.45. The molecule has 118 valence electrons. The number of alkyl halides is 3. The molecule has 0 amide bonds. The third-order valence-electron chi connectivity index (χ3n) is 3.46. The van der Waals surface area contributed by atoms with Crippen LogP contribution in [-0.4, -0.2) is 22.4 Å². The van der Waals surface area contributed by atoms with E-state index in [9.17, 15) is 22.0 Å². The maximum absolute atomic E-state index is 13.2. The molecule has 3 rings (SSSR count). The summed E-state index contributed by atoms with van der Waals surface area (Å²) in [7, 11) is 0. The second-order valence-corrected chi connectivity index (χ2v) is 4.98. The lowest BCUT2D eigenvalue weighted by molar-refractivity contribution is -0.152. The monoisotopic (exact) mass is 319 g/mol. The first kappa shape index (κ1) is 14.9. The molecule has 2 heterocycles. The topological polar surface area (TPSA) is 51.0 Å². The van der Waals surface area contributed by atoms with E-state index in [0.29, 0.717) is 0 Å². The summed E-state index contributed by atoms with van der Waals surface area (Å²) >= 11 is 0. The zero-order valence-corrected chi connectivity index (χ0v) is 11.0. The lowest BCUT2D eigenvalue weighted by atomic mass is 10.2. The normalized spacial score (nSPS) is 22.2. The van der Waals surface area contributed by atoms with Gasteiger partial charge in [-0.25, -0.2) is 8.78 Å². The predicted molar refractivity (Wildman–Crippen MR) is 64.6 cm³/mol. The van der Waals surface area contributed by atoms with Crippen molar-refractivity contribution in [3.8, 4) is 11.4 Å². The third kappa shape index (κ3) is 2.80. The van der Waals surface area contributed by atoms with E-state index < -0.39 is 29.9 Å². The Morgan fingerprint density at radius 3 is 2.55 bits per heavy atom. The minimum absolute atomic E-state index is 0.00789. The Hall–Kier alpha value is -2.03. The van der Waals surface area contributed by atoms with Crippen molar-refractivity contribution >= 4 is 0 Å². The van der Waals surface area contributed by atoms with Crippen LogP contribution in [0.5, 0.6) is 0 Å². The van der Waals surface area contributed by atoms with Crippen LogP contribution < -0.4 is 5.32 Å². The van der Waals surface area contributed by atoms with E-state index in [4.69, 9.17) is 4.52 Å². The van der Waals surface area contributed by atoms with E-state index in [1.165, 1.54) is 6.07 Å². The molecular formula is C13H10F5N3O. The molecular weight excluding hydrogens is 309 g/mol. The molecule has 0 aliphatic carbocycles. The molecule has 1 N–H and O–H groups in total. The maximum atomic E-state index is 13.2. The summed E-state index contributed by atoms with van der Waals surface area (Å²) in [5.41, 5.74) is 0.180. The number of nitrogens with zero attached hydrogens (tertiary/aromatic N) is 2. The fraction of sp³-hybridized carbons (Fsp3) is 0.385. The van der Waals surface area contributed by atoms with Crippen LogP contribution in [0.3, 0.4) is 0 Å². The maximum Gasteiger partial charge on any atom is 0.403 e. The second-order valence-electron chi connectivity index (χ2n) is 4.98. The quantitative estimate of drug-likeness (QED) is 0.862. The summed E-state index contributed by atoms with van der Waals surface area (Å²) < 4.78 is 68.7. The molecule has 1 aliphatic rings. The Balaban J connectivity index is 1.78. The van der Waals surface area contributed by atoms with Crippen molar-refractivity contribution in [1.29, 1.82) is 0 Å². The average molecular weight is 319 g/mol. The fourth-order valence-electron chi connectivity index (χ4n) is 2.32. The van der Waals surface area contributed by atoms with E-state index in [1.807, 2.05) is 0 Å². The number of aromatic nitrogens is 2. The van der Waals surface area contributed by atoms with Crippen molar-refractivity contribution in [2.75, 3.05) is 0 Å². The van der Waals surface area contributed by atoms with E-state index in [2.05, 4.69) is 15.5 Å². The Labute approximate surface area is 121 Å². The Kier molecular flexibility index (Phi) is 3.59. The number of rotatable bonds is 2. The van der Waals surface area contributed by atoms with E-state index in [0.717, 1.165) is 12.1 Å². The predicted octanol–water partition coefficient (Wildman–Crippen LogP) is 3.37. The van der Waals surface area contributed by atoms with Gasteiger partial charge in [0.25, 0.3) is 0 Å². The second kappa shape index (κ2) is 5.31. The first-order valence-corrected chi connectivity index (χ1v) is 6.46. The first-order valence-electron chi connectivity index (χ1n) is 6.46. The van der Waals surface area contributed by atoms with Crippen LogP contribution in [0.4, 0.5) is 22.0 Å². The molecule has 0 saturated carbocycles. The summed E-state index contributed by atoms with van der Waals surface area (Å²) in [6.45, 7) is 0. The van der Waals surface area contributed by atoms with Crippen molar-refractivity contribution in [3.63, 3.8) is 0 Å². The number of hydrogen-bond donors (Lipinski definition) is 1. The Morgan fingerprint density at radius 1 is 1.14 bits per heavy atom. The standard InChI is InChI=1S/C13H10F5N3O/c14-7-2-1-6(5-8(7)15)11-20-12(22-21-11)9-3-4-10(19-9)13(16,17)18/h1-2,5,9-10,19H,3-4H2/t9-,10+/m0/s1. The van der Waals surface area contributed by atoms with Crippen LogP contribution in [0.2, 0.25) is 0 Å². The van der Waals surface area contributed by atoms with E-state index >= 15 is 0 Å². The van der Waals surface area contributed by atoms with Gasteiger partial charge in [0.15, 0.2) is 11.6 Å². The summed E-state index contributed by atoms with van der Waals surface area (Å²) in [6, 6.07) is 0.737. The van der Waals surface area contributed by atoms with Crippen LogP contribution in [0, 0.1) is 11.6 Å².